The first-order chi connectivity index (χ1) is 15.6. The van der Waals surface area contributed by atoms with Gasteiger partial charge in [-0.15, -0.1) is 0 Å². The number of rotatable bonds is 8. The van der Waals surface area contributed by atoms with Crippen LogP contribution in [-0.2, 0) is 0 Å². The van der Waals surface area contributed by atoms with Crippen LogP contribution >= 0.6 is 11.6 Å². The van der Waals surface area contributed by atoms with Crippen molar-refractivity contribution in [2.24, 2.45) is 0 Å². The molecule has 0 fully saturated rings. The second kappa shape index (κ2) is 9.90. The largest absolute Gasteiger partial charge is 0.508 e. The van der Waals surface area contributed by atoms with E-state index in [1.165, 1.54) is 0 Å². The fourth-order valence-electron chi connectivity index (χ4n) is 3.74. The molecule has 164 valence electrons. The maximum Gasteiger partial charge on any atom is 0.213 e. The van der Waals surface area contributed by atoms with Gasteiger partial charge in [0, 0.05) is 35.8 Å². The van der Waals surface area contributed by atoms with Gasteiger partial charge in [0.2, 0.25) is 5.88 Å². The van der Waals surface area contributed by atoms with Crippen molar-refractivity contribution in [3.05, 3.63) is 88.8 Å². The Morgan fingerprint density at radius 3 is 2.47 bits per heavy atom. The van der Waals surface area contributed by atoms with E-state index in [0.29, 0.717) is 17.7 Å². The van der Waals surface area contributed by atoms with E-state index in [9.17, 15) is 5.11 Å². The van der Waals surface area contributed by atoms with E-state index in [2.05, 4.69) is 23.3 Å². The topological polar surface area (TPSA) is 67.5 Å². The first-order valence-corrected chi connectivity index (χ1v) is 10.9. The fraction of sp³-hybridized carbons (Fsp3) is 0.192. The molecular formula is C26H25ClN2O3. The second-order valence-electron chi connectivity index (χ2n) is 7.39. The lowest BCUT2D eigenvalue weighted by Crippen LogP contribution is -2.16. The van der Waals surface area contributed by atoms with E-state index >= 15 is 0 Å². The van der Waals surface area contributed by atoms with Crippen molar-refractivity contribution in [2.75, 3.05) is 20.2 Å². The summed E-state index contributed by atoms with van der Waals surface area (Å²) in [6.07, 6.45) is 2.63. The molecule has 0 bridgehead atoms. The average Bonchev–Trinajstić information content (AvgIpc) is 3.18. The van der Waals surface area contributed by atoms with Crippen molar-refractivity contribution in [1.82, 2.24) is 10.3 Å². The van der Waals surface area contributed by atoms with Crippen molar-refractivity contribution >= 4 is 33.7 Å². The fourth-order valence-corrected chi connectivity index (χ4v) is 3.94. The van der Waals surface area contributed by atoms with Crippen LogP contribution in [-0.4, -0.2) is 30.3 Å². The van der Waals surface area contributed by atoms with E-state index in [1.54, 1.807) is 12.1 Å². The van der Waals surface area contributed by atoms with Crippen molar-refractivity contribution in [3.8, 4) is 11.6 Å². The number of hydrogen-bond acceptors (Lipinski definition) is 5. The van der Waals surface area contributed by atoms with Crippen molar-refractivity contribution < 1.29 is 14.3 Å². The number of pyridine rings is 1. The van der Waals surface area contributed by atoms with Gasteiger partial charge in [-0.25, -0.2) is 4.98 Å². The summed E-state index contributed by atoms with van der Waals surface area (Å²) in [6.45, 7) is 3.44. The third kappa shape index (κ3) is 4.79. The molecule has 0 radical (unpaired) electrons. The number of allylic oxidation sites excluding steroid dienone is 1. The summed E-state index contributed by atoms with van der Waals surface area (Å²) in [5, 5.41) is 14.2. The minimum atomic E-state index is 0.229. The third-order valence-corrected chi connectivity index (χ3v) is 5.46. The minimum Gasteiger partial charge on any atom is -0.508 e. The molecule has 0 saturated carbocycles. The number of benzene rings is 2. The van der Waals surface area contributed by atoms with Gasteiger partial charge in [-0.05, 0) is 77.7 Å². The number of aromatic hydroxyl groups is 1. The number of aromatic nitrogens is 1. The number of fused-ring (bicyclic) bond motifs is 1. The monoisotopic (exact) mass is 448 g/mol. The molecule has 2 N–H and O–H groups in total. The molecule has 2 aromatic heterocycles. The molecular weight excluding hydrogens is 424 g/mol. The van der Waals surface area contributed by atoms with Gasteiger partial charge in [0.25, 0.3) is 0 Å². The van der Waals surface area contributed by atoms with Crippen LogP contribution in [0.3, 0.4) is 0 Å². The van der Waals surface area contributed by atoms with Crippen LogP contribution in [0.2, 0.25) is 5.22 Å². The van der Waals surface area contributed by atoms with Gasteiger partial charge in [0.1, 0.15) is 17.9 Å². The zero-order valence-corrected chi connectivity index (χ0v) is 18.8. The standard InChI is InChI=1S/C26H25ClN2O3/c1-3-22(18-6-10-23-20(14-18)15-24(27)32-23)26(17-4-8-21(30)9-5-17)19-7-11-25(29-16-19)31-13-12-28-2/h4-11,14-16,28,30H,3,12-13H2,1-2H3/b26-22-. The Morgan fingerprint density at radius 1 is 1.03 bits per heavy atom. The molecule has 6 heteroatoms. The predicted molar refractivity (Wildman–Crippen MR) is 129 cm³/mol. The summed E-state index contributed by atoms with van der Waals surface area (Å²) in [5.74, 6) is 0.813. The van der Waals surface area contributed by atoms with Crippen molar-refractivity contribution in [1.29, 1.82) is 0 Å². The molecule has 0 atom stereocenters. The van der Waals surface area contributed by atoms with Crippen molar-refractivity contribution in [3.63, 3.8) is 0 Å². The SMILES string of the molecule is CC/C(=C(\c1ccc(O)cc1)c1ccc(OCCNC)nc1)c1ccc2oc(Cl)cc2c1. The highest BCUT2D eigenvalue weighted by Crippen LogP contribution is 2.36. The lowest BCUT2D eigenvalue weighted by atomic mass is 9.88. The van der Waals surface area contributed by atoms with E-state index in [0.717, 1.165) is 51.8 Å². The maximum absolute atomic E-state index is 9.81. The Hall–Kier alpha value is -3.28. The summed E-state index contributed by atoms with van der Waals surface area (Å²) in [6, 6.07) is 19.1. The highest BCUT2D eigenvalue weighted by atomic mass is 35.5. The number of phenolic OH excluding ortho intramolecular Hbond substituents is 1. The third-order valence-electron chi connectivity index (χ3n) is 5.27. The molecule has 0 unspecified atom stereocenters. The van der Waals surface area contributed by atoms with Gasteiger partial charge in [-0.1, -0.05) is 25.1 Å². The molecule has 4 aromatic rings. The van der Waals surface area contributed by atoms with Gasteiger partial charge in [-0.3, -0.25) is 0 Å². The molecule has 32 heavy (non-hydrogen) atoms. The quantitative estimate of drug-likeness (QED) is 0.250. The molecule has 0 aliphatic carbocycles. The molecule has 5 nitrogen and oxygen atoms in total. The average molecular weight is 449 g/mol. The summed E-state index contributed by atoms with van der Waals surface area (Å²) >= 11 is 6.05. The number of halogens is 1. The molecule has 0 saturated heterocycles. The Morgan fingerprint density at radius 2 is 1.78 bits per heavy atom. The van der Waals surface area contributed by atoms with Crippen LogP contribution in [0, 0.1) is 0 Å². The lowest BCUT2D eigenvalue weighted by Gasteiger charge is -2.16. The van der Waals surface area contributed by atoms with Crippen LogP contribution in [0.4, 0.5) is 0 Å². The zero-order chi connectivity index (χ0) is 22.5. The van der Waals surface area contributed by atoms with Crippen LogP contribution in [0.25, 0.3) is 22.1 Å². The zero-order valence-electron chi connectivity index (χ0n) is 18.1. The number of furan rings is 1. The lowest BCUT2D eigenvalue weighted by molar-refractivity contribution is 0.306. The number of phenols is 1. The molecule has 0 amide bonds. The molecule has 0 aliphatic rings. The smallest absolute Gasteiger partial charge is 0.213 e. The number of nitrogens with one attached hydrogen (secondary N) is 1. The first kappa shape index (κ1) is 21.9. The number of nitrogens with zero attached hydrogens (tertiary/aromatic N) is 1. The number of ether oxygens (including phenoxy) is 1. The second-order valence-corrected chi connectivity index (χ2v) is 7.77. The summed E-state index contributed by atoms with van der Waals surface area (Å²) in [7, 11) is 1.88. The van der Waals surface area contributed by atoms with Gasteiger partial charge in [0.05, 0.1) is 0 Å². The molecule has 4 rings (SSSR count). The summed E-state index contributed by atoms with van der Waals surface area (Å²) in [4.78, 5) is 4.51. The van der Waals surface area contributed by atoms with E-state index < -0.39 is 0 Å². The predicted octanol–water partition coefficient (Wildman–Crippen LogP) is 6.15. The van der Waals surface area contributed by atoms with E-state index in [-0.39, 0.29) is 5.75 Å². The maximum atomic E-state index is 9.81. The van der Waals surface area contributed by atoms with Crippen molar-refractivity contribution in [2.45, 2.75) is 13.3 Å². The summed E-state index contributed by atoms with van der Waals surface area (Å²) in [5.41, 5.74) is 6.01. The van der Waals surface area contributed by atoms with Crippen LogP contribution in [0.5, 0.6) is 11.6 Å². The van der Waals surface area contributed by atoms with Gasteiger partial charge in [0.15, 0.2) is 5.22 Å². The van der Waals surface area contributed by atoms with E-state index in [1.807, 2.05) is 55.7 Å². The highest BCUT2D eigenvalue weighted by Gasteiger charge is 2.15. The van der Waals surface area contributed by atoms with Gasteiger partial charge >= 0.3 is 0 Å². The van der Waals surface area contributed by atoms with Gasteiger partial charge < -0.3 is 19.6 Å². The highest BCUT2D eigenvalue weighted by molar-refractivity contribution is 6.29. The molecule has 2 aromatic carbocycles. The molecule has 2 heterocycles. The number of likely N-dealkylation sites (N-methyl/N-ethyl adjacent to an activating group) is 1. The Labute approximate surface area is 192 Å². The minimum absolute atomic E-state index is 0.229. The van der Waals surface area contributed by atoms with Crippen LogP contribution in [0.1, 0.15) is 30.0 Å². The first-order valence-electron chi connectivity index (χ1n) is 10.5. The summed E-state index contributed by atoms with van der Waals surface area (Å²) < 4.78 is 11.2. The Kier molecular flexibility index (Phi) is 6.78. The molecule has 0 aliphatic heterocycles. The number of hydrogen-bond donors (Lipinski definition) is 2. The Bertz CT molecular complexity index is 1230. The van der Waals surface area contributed by atoms with Crippen LogP contribution < -0.4 is 10.1 Å². The Balaban J connectivity index is 1.83. The van der Waals surface area contributed by atoms with Gasteiger partial charge in [-0.2, -0.15) is 0 Å². The van der Waals surface area contributed by atoms with Crippen LogP contribution in [0.15, 0.2) is 71.3 Å². The molecule has 0 spiro atoms. The normalized spacial score (nSPS) is 12.1. The van der Waals surface area contributed by atoms with E-state index in [4.69, 9.17) is 20.8 Å².